The smallest absolute Gasteiger partial charge is 0.280 e. The van der Waals surface area contributed by atoms with E-state index in [0.717, 1.165) is 17.1 Å². The van der Waals surface area contributed by atoms with Crippen molar-refractivity contribution < 1.29 is 14.0 Å². The van der Waals surface area contributed by atoms with Crippen molar-refractivity contribution in [2.75, 3.05) is 4.90 Å². The van der Waals surface area contributed by atoms with Gasteiger partial charge in [-0.25, -0.2) is 0 Å². The van der Waals surface area contributed by atoms with Gasteiger partial charge in [-0.2, -0.15) is 0 Å². The van der Waals surface area contributed by atoms with Gasteiger partial charge in [0.15, 0.2) is 11.7 Å². The van der Waals surface area contributed by atoms with E-state index in [2.05, 4.69) is 14.9 Å². The minimum atomic E-state index is -0.995. The molecule has 0 radical (unpaired) electrons. The van der Waals surface area contributed by atoms with Gasteiger partial charge in [0.25, 0.3) is 11.8 Å². The minimum absolute atomic E-state index is 0.173. The summed E-state index contributed by atoms with van der Waals surface area (Å²) in [7, 11) is 0. The molecule has 1 N–H and O–H groups in total. The Balaban J connectivity index is 2.13. The number of anilines is 1. The molecule has 8 heteroatoms. The molecule has 0 saturated heterocycles. The molecule has 2 aromatic heterocycles. The Labute approximate surface area is 167 Å². The Morgan fingerprint density at radius 3 is 2.57 bits per heavy atom. The molecule has 2 amide bonds. The van der Waals surface area contributed by atoms with E-state index in [1.54, 1.807) is 23.6 Å². The fourth-order valence-corrected chi connectivity index (χ4v) is 3.23. The maximum absolute atomic E-state index is 13.3. The van der Waals surface area contributed by atoms with Gasteiger partial charge in [-0.05, 0) is 69.1 Å². The molecule has 0 aliphatic rings. The fourth-order valence-electron chi connectivity index (χ4n) is 2.80. The molecule has 7 nitrogen and oxygen atoms in total. The van der Waals surface area contributed by atoms with Crippen molar-refractivity contribution in [1.29, 1.82) is 0 Å². The summed E-state index contributed by atoms with van der Waals surface area (Å²) in [5, 5.41) is 8.41. The summed E-state index contributed by atoms with van der Waals surface area (Å²) in [4.78, 5) is 28.0. The predicted octanol–water partition coefficient (Wildman–Crippen LogP) is 3.74. The number of amides is 2. The van der Waals surface area contributed by atoms with Crippen LogP contribution in [0, 0.1) is 6.92 Å². The third-order valence-electron chi connectivity index (χ3n) is 3.90. The van der Waals surface area contributed by atoms with E-state index in [9.17, 15) is 9.59 Å². The van der Waals surface area contributed by atoms with E-state index in [1.165, 1.54) is 11.2 Å². The van der Waals surface area contributed by atoms with Gasteiger partial charge in [-0.3, -0.25) is 14.5 Å². The summed E-state index contributed by atoms with van der Waals surface area (Å²) in [6.45, 7) is 7.57. The SMILES string of the molecule is Cc1cccc(N(C(=O)c2csnn2)C(C(=O)NC(C)(C)C)c2ccco2)c1. The van der Waals surface area contributed by atoms with Crippen LogP contribution in [0.2, 0.25) is 0 Å². The predicted molar refractivity (Wildman–Crippen MR) is 107 cm³/mol. The first-order chi connectivity index (χ1) is 13.3. The topological polar surface area (TPSA) is 88.3 Å². The lowest BCUT2D eigenvalue weighted by atomic mass is 10.0. The number of carbonyl (C=O) groups excluding carboxylic acids is 2. The molecular weight excluding hydrogens is 376 g/mol. The van der Waals surface area contributed by atoms with Gasteiger partial charge in [0, 0.05) is 16.6 Å². The summed E-state index contributed by atoms with van der Waals surface area (Å²) in [5.41, 5.74) is 1.22. The average molecular weight is 398 g/mol. The zero-order valence-corrected chi connectivity index (χ0v) is 17.0. The summed E-state index contributed by atoms with van der Waals surface area (Å²) in [5.74, 6) is -0.412. The quantitative estimate of drug-likeness (QED) is 0.707. The fraction of sp³-hybridized carbons (Fsp3) is 0.300. The van der Waals surface area contributed by atoms with Gasteiger partial charge in [0.2, 0.25) is 0 Å². The van der Waals surface area contributed by atoms with Crippen LogP contribution >= 0.6 is 11.5 Å². The monoisotopic (exact) mass is 398 g/mol. The third kappa shape index (κ3) is 4.45. The number of benzene rings is 1. The summed E-state index contributed by atoms with van der Waals surface area (Å²) >= 11 is 1.08. The van der Waals surface area contributed by atoms with Gasteiger partial charge >= 0.3 is 0 Å². The lowest BCUT2D eigenvalue weighted by Gasteiger charge is -2.32. The highest BCUT2D eigenvalue weighted by Crippen LogP contribution is 2.31. The number of nitrogens with zero attached hydrogens (tertiary/aromatic N) is 3. The number of rotatable bonds is 5. The van der Waals surface area contributed by atoms with Gasteiger partial charge < -0.3 is 9.73 Å². The van der Waals surface area contributed by atoms with Crippen molar-refractivity contribution >= 4 is 29.0 Å². The number of carbonyl (C=O) groups is 2. The minimum Gasteiger partial charge on any atom is -0.467 e. The van der Waals surface area contributed by atoms with Crippen LogP contribution in [0.4, 0.5) is 5.69 Å². The molecule has 3 aromatic rings. The first-order valence-corrected chi connectivity index (χ1v) is 9.62. The number of hydrogen-bond donors (Lipinski definition) is 1. The molecule has 0 aliphatic carbocycles. The molecule has 1 aromatic carbocycles. The Bertz CT molecular complexity index is 946. The standard InChI is InChI=1S/C20H22N4O3S/c1-13-7-5-8-14(11-13)24(19(26)15-12-28-23-22-15)17(16-9-6-10-27-16)18(25)21-20(2,3)4/h5-12,17H,1-4H3,(H,21,25). The first kappa shape index (κ1) is 19.8. The molecular formula is C20H22N4O3S. The van der Waals surface area contributed by atoms with Crippen molar-refractivity contribution in [1.82, 2.24) is 14.9 Å². The third-order valence-corrected chi connectivity index (χ3v) is 4.40. The number of aromatic nitrogens is 2. The van der Waals surface area contributed by atoms with Crippen molar-refractivity contribution in [2.45, 2.75) is 39.3 Å². The van der Waals surface area contributed by atoms with Crippen molar-refractivity contribution in [2.24, 2.45) is 0 Å². The van der Waals surface area contributed by atoms with Gasteiger partial charge in [-0.15, -0.1) is 5.10 Å². The molecule has 3 rings (SSSR count). The number of hydrogen-bond acceptors (Lipinski definition) is 6. The van der Waals surface area contributed by atoms with Crippen LogP contribution in [0.1, 0.15) is 48.6 Å². The molecule has 146 valence electrons. The number of aryl methyl sites for hydroxylation is 1. The second-order valence-electron chi connectivity index (χ2n) is 7.46. The normalized spacial score (nSPS) is 12.4. The molecule has 2 heterocycles. The maximum atomic E-state index is 13.3. The highest BCUT2D eigenvalue weighted by Gasteiger charge is 2.37. The van der Waals surface area contributed by atoms with Crippen molar-refractivity contribution in [3.05, 3.63) is 65.1 Å². The van der Waals surface area contributed by atoms with E-state index in [0.29, 0.717) is 11.4 Å². The van der Waals surface area contributed by atoms with Crippen LogP contribution in [-0.4, -0.2) is 26.9 Å². The van der Waals surface area contributed by atoms with Crippen LogP contribution in [0.3, 0.4) is 0 Å². The lowest BCUT2D eigenvalue weighted by molar-refractivity contribution is -0.124. The molecule has 1 atom stereocenters. The molecule has 0 fully saturated rings. The maximum Gasteiger partial charge on any atom is 0.280 e. The molecule has 0 aliphatic heterocycles. The van der Waals surface area contributed by atoms with Crippen molar-refractivity contribution in [3.8, 4) is 0 Å². The molecule has 0 saturated carbocycles. The van der Waals surface area contributed by atoms with Gasteiger partial charge in [-0.1, -0.05) is 16.6 Å². The largest absolute Gasteiger partial charge is 0.467 e. The zero-order chi connectivity index (χ0) is 20.3. The Morgan fingerprint density at radius 2 is 2.00 bits per heavy atom. The molecule has 28 heavy (non-hydrogen) atoms. The van der Waals surface area contributed by atoms with Gasteiger partial charge in [0.05, 0.1) is 6.26 Å². The average Bonchev–Trinajstić information content (AvgIpc) is 3.30. The van der Waals surface area contributed by atoms with E-state index in [-0.39, 0.29) is 11.6 Å². The second kappa shape index (κ2) is 7.93. The van der Waals surface area contributed by atoms with E-state index in [4.69, 9.17) is 4.42 Å². The molecule has 0 bridgehead atoms. The van der Waals surface area contributed by atoms with Crippen LogP contribution in [0.15, 0.2) is 52.5 Å². The van der Waals surface area contributed by atoms with E-state index < -0.39 is 17.5 Å². The number of furan rings is 1. The highest BCUT2D eigenvalue weighted by molar-refractivity contribution is 7.03. The van der Waals surface area contributed by atoms with E-state index in [1.807, 2.05) is 45.9 Å². The summed E-state index contributed by atoms with van der Waals surface area (Å²) in [6, 6.07) is 9.77. The van der Waals surface area contributed by atoms with Crippen LogP contribution in [0.25, 0.3) is 0 Å². The van der Waals surface area contributed by atoms with Crippen LogP contribution in [0.5, 0.6) is 0 Å². The molecule has 1 unspecified atom stereocenters. The van der Waals surface area contributed by atoms with Crippen LogP contribution in [-0.2, 0) is 4.79 Å². The summed E-state index contributed by atoms with van der Waals surface area (Å²) in [6.07, 6.45) is 1.48. The van der Waals surface area contributed by atoms with E-state index >= 15 is 0 Å². The zero-order valence-electron chi connectivity index (χ0n) is 16.2. The number of nitrogens with one attached hydrogen (secondary N) is 1. The second-order valence-corrected chi connectivity index (χ2v) is 8.07. The molecule has 0 spiro atoms. The summed E-state index contributed by atoms with van der Waals surface area (Å²) < 4.78 is 9.33. The highest BCUT2D eigenvalue weighted by atomic mass is 32.1. The Kier molecular flexibility index (Phi) is 5.60. The van der Waals surface area contributed by atoms with Gasteiger partial charge in [0.1, 0.15) is 5.76 Å². The first-order valence-electron chi connectivity index (χ1n) is 8.79. The Morgan fingerprint density at radius 1 is 1.21 bits per heavy atom. The Hall–Kier alpha value is -3.00. The lowest BCUT2D eigenvalue weighted by Crippen LogP contribution is -2.49. The van der Waals surface area contributed by atoms with Crippen LogP contribution < -0.4 is 10.2 Å². The van der Waals surface area contributed by atoms with Crippen molar-refractivity contribution in [3.63, 3.8) is 0 Å².